The zero-order chi connectivity index (χ0) is 11.1. The van der Waals surface area contributed by atoms with Crippen LogP contribution in [0, 0.1) is 0 Å². The van der Waals surface area contributed by atoms with Crippen LogP contribution in [0.3, 0.4) is 0 Å². The first kappa shape index (κ1) is 12.9. The van der Waals surface area contributed by atoms with Crippen LogP contribution < -0.4 is 5.32 Å². The fourth-order valence-electron chi connectivity index (χ4n) is 2.35. The van der Waals surface area contributed by atoms with Gasteiger partial charge in [-0.3, -0.25) is 0 Å². The number of nitrogens with zero attached hydrogens (tertiary/aromatic N) is 1. The molecule has 1 N–H and O–H groups in total. The molecule has 0 aromatic rings. The van der Waals surface area contributed by atoms with E-state index in [1.54, 1.807) is 0 Å². The summed E-state index contributed by atoms with van der Waals surface area (Å²) in [6, 6.07) is 0.724. The molecule has 0 aliphatic heterocycles. The van der Waals surface area contributed by atoms with E-state index in [0.717, 1.165) is 25.7 Å². The van der Waals surface area contributed by atoms with Crippen molar-refractivity contribution in [3.8, 4) is 0 Å². The van der Waals surface area contributed by atoms with Gasteiger partial charge in [0.2, 0.25) is 0 Å². The van der Waals surface area contributed by atoms with Gasteiger partial charge in [-0.1, -0.05) is 6.92 Å². The quantitative estimate of drug-likeness (QED) is 0.678. The van der Waals surface area contributed by atoms with Crippen molar-refractivity contribution in [1.29, 1.82) is 0 Å². The summed E-state index contributed by atoms with van der Waals surface area (Å²) in [6.07, 6.45) is 5.59. The summed E-state index contributed by atoms with van der Waals surface area (Å²) in [7, 11) is 4.08. The highest BCUT2D eigenvalue weighted by atomic mass is 16.5. The lowest BCUT2D eigenvalue weighted by Gasteiger charge is -2.34. The van der Waals surface area contributed by atoms with Crippen LogP contribution in [0.25, 0.3) is 0 Å². The largest absolute Gasteiger partial charge is 0.381 e. The van der Waals surface area contributed by atoms with Gasteiger partial charge in [0.05, 0.1) is 6.10 Å². The Morgan fingerprint density at radius 3 is 2.87 bits per heavy atom. The summed E-state index contributed by atoms with van der Waals surface area (Å²) in [5, 5.41) is 3.37. The maximum Gasteiger partial charge on any atom is 0.0586 e. The van der Waals surface area contributed by atoms with Gasteiger partial charge in [0.15, 0.2) is 0 Å². The topological polar surface area (TPSA) is 24.5 Å². The van der Waals surface area contributed by atoms with E-state index in [9.17, 15) is 0 Å². The molecule has 0 radical (unpaired) electrons. The lowest BCUT2D eigenvalue weighted by Crippen LogP contribution is -2.41. The highest BCUT2D eigenvalue weighted by molar-refractivity contribution is 4.79. The van der Waals surface area contributed by atoms with Gasteiger partial charge in [-0.15, -0.1) is 0 Å². The van der Waals surface area contributed by atoms with Crippen LogP contribution in [-0.4, -0.2) is 50.8 Å². The SMILES string of the molecule is CCNCCN(C)C1CCCC(OC)C1. The van der Waals surface area contributed by atoms with Gasteiger partial charge in [-0.25, -0.2) is 0 Å². The molecule has 90 valence electrons. The molecule has 2 atom stereocenters. The molecule has 1 saturated carbocycles. The molecular weight excluding hydrogens is 188 g/mol. The van der Waals surface area contributed by atoms with Gasteiger partial charge in [0.25, 0.3) is 0 Å². The third-order valence-corrected chi connectivity index (χ3v) is 3.45. The first-order valence-electron chi connectivity index (χ1n) is 6.21. The molecule has 15 heavy (non-hydrogen) atoms. The Hall–Kier alpha value is -0.120. The minimum Gasteiger partial charge on any atom is -0.381 e. The molecule has 0 spiro atoms. The van der Waals surface area contributed by atoms with Gasteiger partial charge < -0.3 is 15.0 Å². The van der Waals surface area contributed by atoms with Crippen LogP contribution in [0.2, 0.25) is 0 Å². The third kappa shape index (κ3) is 4.49. The van der Waals surface area contributed by atoms with Crippen LogP contribution in [-0.2, 0) is 4.74 Å². The Labute approximate surface area is 94.2 Å². The fraction of sp³-hybridized carbons (Fsp3) is 1.00. The van der Waals surface area contributed by atoms with Gasteiger partial charge in [-0.05, 0) is 39.3 Å². The molecule has 0 aromatic heterocycles. The van der Waals surface area contributed by atoms with Crippen LogP contribution in [0.5, 0.6) is 0 Å². The molecule has 2 unspecified atom stereocenters. The number of likely N-dealkylation sites (N-methyl/N-ethyl adjacent to an activating group) is 2. The molecule has 0 amide bonds. The number of methoxy groups -OCH3 is 1. The zero-order valence-electron chi connectivity index (χ0n) is 10.5. The van der Waals surface area contributed by atoms with E-state index in [2.05, 4.69) is 24.2 Å². The average molecular weight is 214 g/mol. The number of nitrogens with one attached hydrogen (secondary N) is 1. The van der Waals surface area contributed by atoms with Crippen molar-refractivity contribution in [2.24, 2.45) is 0 Å². The van der Waals surface area contributed by atoms with Crippen LogP contribution in [0.15, 0.2) is 0 Å². The second-order valence-electron chi connectivity index (χ2n) is 4.51. The van der Waals surface area contributed by atoms with E-state index in [4.69, 9.17) is 4.74 Å². The maximum absolute atomic E-state index is 5.45. The molecular formula is C12H26N2O. The highest BCUT2D eigenvalue weighted by Gasteiger charge is 2.24. The molecule has 1 rings (SSSR count). The van der Waals surface area contributed by atoms with E-state index < -0.39 is 0 Å². The smallest absolute Gasteiger partial charge is 0.0586 e. The number of ether oxygens (including phenoxy) is 1. The Balaban J connectivity index is 2.22. The average Bonchev–Trinajstić information content (AvgIpc) is 2.29. The van der Waals surface area contributed by atoms with Gasteiger partial charge in [0, 0.05) is 26.2 Å². The first-order valence-corrected chi connectivity index (χ1v) is 6.21. The van der Waals surface area contributed by atoms with Crippen molar-refractivity contribution < 1.29 is 4.74 Å². The summed E-state index contributed by atoms with van der Waals surface area (Å²) in [5.74, 6) is 0. The summed E-state index contributed by atoms with van der Waals surface area (Å²) in [5.41, 5.74) is 0. The molecule has 3 nitrogen and oxygen atoms in total. The second-order valence-corrected chi connectivity index (χ2v) is 4.51. The first-order chi connectivity index (χ1) is 7.27. The standard InChI is InChI=1S/C12H26N2O/c1-4-13-8-9-14(2)11-6-5-7-12(10-11)15-3/h11-13H,4-10H2,1-3H3. The van der Waals surface area contributed by atoms with E-state index in [0.29, 0.717) is 6.10 Å². The lowest BCUT2D eigenvalue weighted by atomic mass is 9.92. The summed E-state index contributed by atoms with van der Waals surface area (Å²) >= 11 is 0. The van der Waals surface area contributed by atoms with Gasteiger partial charge in [0.1, 0.15) is 0 Å². The Morgan fingerprint density at radius 2 is 2.20 bits per heavy atom. The Morgan fingerprint density at radius 1 is 1.40 bits per heavy atom. The molecule has 1 aliphatic carbocycles. The summed E-state index contributed by atoms with van der Waals surface area (Å²) in [4.78, 5) is 2.48. The van der Waals surface area contributed by atoms with Crippen molar-refractivity contribution >= 4 is 0 Å². The van der Waals surface area contributed by atoms with E-state index in [1.807, 2.05) is 7.11 Å². The van der Waals surface area contributed by atoms with Crippen molar-refractivity contribution in [2.75, 3.05) is 33.8 Å². The molecule has 0 saturated heterocycles. The van der Waals surface area contributed by atoms with Crippen LogP contribution in [0.1, 0.15) is 32.6 Å². The van der Waals surface area contributed by atoms with E-state index in [-0.39, 0.29) is 0 Å². The number of hydrogen-bond acceptors (Lipinski definition) is 3. The summed E-state index contributed by atoms with van der Waals surface area (Å²) in [6.45, 7) is 5.47. The zero-order valence-corrected chi connectivity index (χ0v) is 10.5. The normalized spacial score (nSPS) is 27.2. The van der Waals surface area contributed by atoms with E-state index in [1.165, 1.54) is 25.7 Å². The van der Waals surface area contributed by atoms with Gasteiger partial charge >= 0.3 is 0 Å². The van der Waals surface area contributed by atoms with Gasteiger partial charge in [-0.2, -0.15) is 0 Å². The Bertz CT molecular complexity index is 164. The van der Waals surface area contributed by atoms with Crippen molar-refractivity contribution in [2.45, 2.75) is 44.8 Å². The summed E-state index contributed by atoms with van der Waals surface area (Å²) < 4.78 is 5.45. The molecule has 0 aromatic carbocycles. The van der Waals surface area contributed by atoms with Crippen molar-refractivity contribution in [1.82, 2.24) is 10.2 Å². The van der Waals surface area contributed by atoms with Crippen LogP contribution in [0.4, 0.5) is 0 Å². The maximum atomic E-state index is 5.45. The predicted molar refractivity (Wildman–Crippen MR) is 64.2 cm³/mol. The molecule has 3 heteroatoms. The monoisotopic (exact) mass is 214 g/mol. The fourth-order valence-corrected chi connectivity index (χ4v) is 2.35. The third-order valence-electron chi connectivity index (χ3n) is 3.45. The number of hydrogen-bond donors (Lipinski definition) is 1. The van der Waals surface area contributed by atoms with E-state index >= 15 is 0 Å². The second kappa shape index (κ2) is 7.20. The molecule has 0 heterocycles. The number of rotatable bonds is 6. The highest BCUT2D eigenvalue weighted by Crippen LogP contribution is 2.23. The molecule has 1 fully saturated rings. The van der Waals surface area contributed by atoms with Crippen molar-refractivity contribution in [3.63, 3.8) is 0 Å². The lowest BCUT2D eigenvalue weighted by molar-refractivity contribution is 0.0349. The van der Waals surface area contributed by atoms with Crippen molar-refractivity contribution in [3.05, 3.63) is 0 Å². The predicted octanol–water partition coefficient (Wildman–Crippen LogP) is 1.49. The minimum atomic E-state index is 0.491. The minimum absolute atomic E-state index is 0.491. The molecule has 1 aliphatic rings. The molecule has 0 bridgehead atoms. The Kier molecular flexibility index (Phi) is 6.22. The van der Waals surface area contributed by atoms with Crippen LogP contribution >= 0.6 is 0 Å².